The van der Waals surface area contributed by atoms with E-state index in [9.17, 15) is 4.79 Å². The lowest BCUT2D eigenvalue weighted by Crippen LogP contribution is -2.42. The van der Waals surface area contributed by atoms with E-state index in [1.54, 1.807) is 7.11 Å². The van der Waals surface area contributed by atoms with Gasteiger partial charge in [-0.25, -0.2) is 4.99 Å². The number of hydrogen-bond acceptors (Lipinski definition) is 5. The first-order valence-corrected chi connectivity index (χ1v) is 9.80. The van der Waals surface area contributed by atoms with Gasteiger partial charge in [0, 0.05) is 26.3 Å². The molecule has 8 heteroatoms. The SMILES string of the molecule is CCOCCCNC(=NCc1ccc(OC)cc1)NCC1CCC(C(N)=O)O1. The van der Waals surface area contributed by atoms with E-state index in [1.165, 1.54) is 0 Å². The first kappa shape index (κ1) is 22.0. The van der Waals surface area contributed by atoms with Crippen LogP contribution in [0.4, 0.5) is 0 Å². The van der Waals surface area contributed by atoms with Gasteiger partial charge in [-0.3, -0.25) is 4.79 Å². The molecule has 1 fully saturated rings. The van der Waals surface area contributed by atoms with Crippen molar-refractivity contribution >= 4 is 11.9 Å². The van der Waals surface area contributed by atoms with Gasteiger partial charge in [0.15, 0.2) is 5.96 Å². The van der Waals surface area contributed by atoms with Gasteiger partial charge in [-0.05, 0) is 43.9 Å². The number of carbonyl (C=O) groups is 1. The molecule has 0 bridgehead atoms. The van der Waals surface area contributed by atoms with Crippen LogP contribution in [0.15, 0.2) is 29.3 Å². The number of primary amides is 1. The number of aliphatic imine (C=N–C) groups is 1. The number of guanidine groups is 1. The highest BCUT2D eigenvalue weighted by molar-refractivity contribution is 5.80. The molecule has 1 heterocycles. The topological polar surface area (TPSA) is 107 Å². The number of amides is 1. The van der Waals surface area contributed by atoms with Crippen molar-refractivity contribution in [3.8, 4) is 5.75 Å². The number of nitrogens with zero attached hydrogens (tertiary/aromatic N) is 1. The molecule has 2 atom stereocenters. The van der Waals surface area contributed by atoms with Crippen molar-refractivity contribution in [2.24, 2.45) is 10.7 Å². The van der Waals surface area contributed by atoms with Gasteiger partial charge in [-0.1, -0.05) is 12.1 Å². The summed E-state index contributed by atoms with van der Waals surface area (Å²) in [4.78, 5) is 15.9. The van der Waals surface area contributed by atoms with E-state index in [2.05, 4.69) is 15.6 Å². The van der Waals surface area contributed by atoms with Crippen LogP contribution in [0.5, 0.6) is 5.75 Å². The Morgan fingerprint density at radius 3 is 2.71 bits per heavy atom. The van der Waals surface area contributed by atoms with Gasteiger partial charge in [-0.15, -0.1) is 0 Å². The molecular formula is C20H32N4O4. The van der Waals surface area contributed by atoms with Crippen LogP contribution in [0, 0.1) is 0 Å². The third-order valence-corrected chi connectivity index (χ3v) is 4.46. The smallest absolute Gasteiger partial charge is 0.246 e. The summed E-state index contributed by atoms with van der Waals surface area (Å²) in [6.07, 6.45) is 1.83. The van der Waals surface area contributed by atoms with Gasteiger partial charge >= 0.3 is 0 Å². The molecule has 0 radical (unpaired) electrons. The molecule has 156 valence electrons. The van der Waals surface area contributed by atoms with E-state index in [0.717, 1.165) is 37.3 Å². The molecule has 1 saturated heterocycles. The predicted octanol–water partition coefficient (Wildman–Crippen LogP) is 1.19. The Morgan fingerprint density at radius 1 is 1.29 bits per heavy atom. The molecule has 2 unspecified atom stereocenters. The van der Waals surface area contributed by atoms with Gasteiger partial charge < -0.3 is 30.6 Å². The van der Waals surface area contributed by atoms with Gasteiger partial charge in [0.25, 0.3) is 0 Å². The maximum atomic E-state index is 11.2. The minimum Gasteiger partial charge on any atom is -0.497 e. The highest BCUT2D eigenvalue weighted by atomic mass is 16.5. The standard InChI is InChI=1S/C20H32N4O4/c1-3-27-12-4-11-22-20(23-13-15-5-7-16(26-2)8-6-15)24-14-17-9-10-18(28-17)19(21)25/h5-8,17-18H,3-4,9-14H2,1-2H3,(H2,21,25)(H2,22,23,24). The normalized spacial score (nSPS) is 19.4. The first-order valence-electron chi connectivity index (χ1n) is 9.80. The van der Waals surface area contributed by atoms with Gasteiger partial charge in [-0.2, -0.15) is 0 Å². The molecule has 1 aromatic rings. The maximum absolute atomic E-state index is 11.2. The summed E-state index contributed by atoms with van der Waals surface area (Å²) in [7, 11) is 1.65. The zero-order chi connectivity index (χ0) is 20.2. The Kier molecular flexibility index (Phi) is 9.57. The Labute approximate surface area is 166 Å². The van der Waals surface area contributed by atoms with Gasteiger partial charge in [0.1, 0.15) is 11.9 Å². The molecular weight excluding hydrogens is 360 g/mol. The van der Waals surface area contributed by atoms with Crippen molar-refractivity contribution in [3.63, 3.8) is 0 Å². The first-order chi connectivity index (χ1) is 13.6. The Balaban J connectivity index is 1.86. The largest absolute Gasteiger partial charge is 0.497 e. The molecule has 1 amide bonds. The number of rotatable bonds is 11. The lowest BCUT2D eigenvalue weighted by molar-refractivity contribution is -0.128. The molecule has 1 aromatic carbocycles. The monoisotopic (exact) mass is 392 g/mol. The molecule has 0 aliphatic carbocycles. The van der Waals surface area contributed by atoms with E-state index in [-0.39, 0.29) is 6.10 Å². The van der Waals surface area contributed by atoms with Crippen LogP contribution < -0.4 is 21.1 Å². The van der Waals surface area contributed by atoms with Crippen molar-refractivity contribution in [2.45, 2.75) is 44.9 Å². The fourth-order valence-corrected chi connectivity index (χ4v) is 2.88. The number of benzene rings is 1. The van der Waals surface area contributed by atoms with Crippen LogP contribution in [-0.4, -0.2) is 57.5 Å². The quantitative estimate of drug-likeness (QED) is 0.297. The van der Waals surface area contributed by atoms with Crippen LogP contribution in [0.3, 0.4) is 0 Å². The minimum absolute atomic E-state index is 0.0473. The number of nitrogens with two attached hydrogens (primary N) is 1. The van der Waals surface area contributed by atoms with Crippen molar-refractivity contribution in [1.29, 1.82) is 0 Å². The van der Waals surface area contributed by atoms with E-state index >= 15 is 0 Å². The second kappa shape index (κ2) is 12.2. The average molecular weight is 393 g/mol. The van der Waals surface area contributed by atoms with Crippen molar-refractivity contribution in [3.05, 3.63) is 29.8 Å². The molecule has 1 aliphatic rings. The Hall–Kier alpha value is -2.32. The summed E-state index contributed by atoms with van der Waals surface area (Å²) in [5.74, 6) is 1.13. The van der Waals surface area contributed by atoms with Crippen molar-refractivity contribution in [1.82, 2.24) is 10.6 Å². The zero-order valence-corrected chi connectivity index (χ0v) is 16.8. The zero-order valence-electron chi connectivity index (χ0n) is 16.8. The molecule has 0 aromatic heterocycles. The third-order valence-electron chi connectivity index (χ3n) is 4.46. The Morgan fingerprint density at radius 2 is 2.07 bits per heavy atom. The second-order valence-corrected chi connectivity index (χ2v) is 6.60. The van der Waals surface area contributed by atoms with E-state index < -0.39 is 12.0 Å². The molecule has 8 nitrogen and oxygen atoms in total. The molecule has 0 spiro atoms. The number of hydrogen-bond donors (Lipinski definition) is 3. The summed E-state index contributed by atoms with van der Waals surface area (Å²) in [6, 6.07) is 7.83. The molecule has 0 saturated carbocycles. The number of ether oxygens (including phenoxy) is 3. The molecule has 2 rings (SSSR count). The van der Waals surface area contributed by atoms with E-state index in [4.69, 9.17) is 19.9 Å². The van der Waals surface area contributed by atoms with E-state index in [1.807, 2.05) is 31.2 Å². The van der Waals surface area contributed by atoms with E-state index in [0.29, 0.717) is 32.1 Å². The predicted molar refractivity (Wildman–Crippen MR) is 108 cm³/mol. The van der Waals surface area contributed by atoms with Gasteiger partial charge in [0.2, 0.25) is 5.91 Å². The summed E-state index contributed by atoms with van der Waals surface area (Å²) in [5.41, 5.74) is 6.40. The van der Waals surface area contributed by atoms with Crippen LogP contribution >= 0.6 is 0 Å². The average Bonchev–Trinajstić information content (AvgIpc) is 3.19. The highest BCUT2D eigenvalue weighted by Gasteiger charge is 2.28. The molecule has 4 N–H and O–H groups in total. The number of methoxy groups -OCH3 is 1. The van der Waals surface area contributed by atoms with Crippen LogP contribution in [0.2, 0.25) is 0 Å². The molecule has 1 aliphatic heterocycles. The fraction of sp³-hybridized carbons (Fsp3) is 0.600. The summed E-state index contributed by atoms with van der Waals surface area (Å²) in [6.45, 7) is 5.28. The molecule has 28 heavy (non-hydrogen) atoms. The van der Waals surface area contributed by atoms with Crippen LogP contribution in [0.1, 0.15) is 31.7 Å². The number of nitrogens with one attached hydrogen (secondary N) is 2. The maximum Gasteiger partial charge on any atom is 0.246 e. The van der Waals surface area contributed by atoms with Crippen molar-refractivity contribution in [2.75, 3.05) is 33.4 Å². The minimum atomic E-state index is -0.481. The summed E-state index contributed by atoms with van der Waals surface area (Å²) < 4.78 is 16.2. The summed E-state index contributed by atoms with van der Waals surface area (Å²) in [5, 5.41) is 6.62. The van der Waals surface area contributed by atoms with Crippen molar-refractivity contribution < 1.29 is 19.0 Å². The summed E-state index contributed by atoms with van der Waals surface area (Å²) >= 11 is 0. The van der Waals surface area contributed by atoms with Gasteiger partial charge in [0.05, 0.1) is 19.8 Å². The Bertz CT molecular complexity index is 621. The van der Waals surface area contributed by atoms with Crippen LogP contribution in [0.25, 0.3) is 0 Å². The highest BCUT2D eigenvalue weighted by Crippen LogP contribution is 2.18. The lowest BCUT2D eigenvalue weighted by atomic mass is 10.2. The fourth-order valence-electron chi connectivity index (χ4n) is 2.88. The van der Waals surface area contributed by atoms with Crippen LogP contribution in [-0.2, 0) is 20.8 Å². The third kappa shape index (κ3) is 7.74. The second-order valence-electron chi connectivity index (χ2n) is 6.60. The number of carbonyl (C=O) groups excluding carboxylic acids is 1. The lowest BCUT2D eigenvalue weighted by Gasteiger charge is -2.16.